The topological polar surface area (TPSA) is 61.8 Å². The van der Waals surface area contributed by atoms with Gasteiger partial charge in [0.05, 0.1) is 17.7 Å². The lowest BCUT2D eigenvalue weighted by atomic mass is 9.86. The summed E-state index contributed by atoms with van der Waals surface area (Å²) >= 11 is 0. The van der Waals surface area contributed by atoms with E-state index in [1.165, 1.54) is 16.7 Å². The lowest BCUT2D eigenvalue weighted by Crippen LogP contribution is -2.62. The molecule has 39 heavy (non-hydrogen) atoms. The number of aromatic nitrogens is 2. The van der Waals surface area contributed by atoms with Gasteiger partial charge in [-0.1, -0.05) is 23.8 Å². The molecule has 2 saturated heterocycles. The van der Waals surface area contributed by atoms with Gasteiger partial charge >= 0.3 is 0 Å². The number of aryl methyl sites for hydroxylation is 1. The minimum atomic E-state index is 0.0905. The normalized spacial score (nSPS) is 25.6. The Hall–Kier alpha value is -2.87. The fraction of sp³-hybridized carbons (Fsp3) is 0.531. The lowest BCUT2D eigenvalue weighted by Gasteiger charge is -2.53. The first kappa shape index (κ1) is 26.4. The molecule has 7 nitrogen and oxygen atoms in total. The van der Waals surface area contributed by atoms with Crippen molar-refractivity contribution < 1.29 is 9.53 Å². The molecule has 206 valence electrons. The molecule has 1 aliphatic carbocycles. The number of hydrogen-bond acceptors (Lipinski definition) is 6. The fourth-order valence-electron chi connectivity index (χ4n) is 7.21. The first-order chi connectivity index (χ1) is 18.9. The number of carbonyl (C=O) groups excluding carboxylic acids is 1. The largest absolute Gasteiger partial charge is 0.376 e. The van der Waals surface area contributed by atoms with Gasteiger partial charge in [-0.3, -0.25) is 14.6 Å². The van der Waals surface area contributed by atoms with E-state index in [2.05, 4.69) is 65.7 Å². The summed E-state index contributed by atoms with van der Waals surface area (Å²) in [5, 5.41) is 0.831. The van der Waals surface area contributed by atoms with Crippen LogP contribution in [0.1, 0.15) is 66.7 Å². The molecule has 2 aromatic heterocycles. The number of hydrogen-bond donors (Lipinski definition) is 0. The van der Waals surface area contributed by atoms with E-state index in [1.54, 1.807) is 12.4 Å². The molecule has 3 atom stereocenters. The van der Waals surface area contributed by atoms with Gasteiger partial charge in [-0.15, -0.1) is 0 Å². The number of likely N-dealkylation sites (tertiary alicyclic amines) is 1. The second-order valence-electron chi connectivity index (χ2n) is 11.9. The Balaban J connectivity index is 1.12. The maximum atomic E-state index is 13.5. The molecule has 1 aromatic carbocycles. The van der Waals surface area contributed by atoms with E-state index in [4.69, 9.17) is 4.74 Å². The molecule has 6 rings (SSSR count). The van der Waals surface area contributed by atoms with Crippen LogP contribution in [0.2, 0.25) is 0 Å². The third-order valence-electron chi connectivity index (χ3n) is 9.44. The van der Waals surface area contributed by atoms with Crippen LogP contribution in [0.25, 0.3) is 11.0 Å². The van der Waals surface area contributed by atoms with Crippen LogP contribution in [0.15, 0.2) is 48.8 Å². The third kappa shape index (κ3) is 4.85. The van der Waals surface area contributed by atoms with Gasteiger partial charge in [-0.05, 0) is 69.9 Å². The number of pyridine rings is 2. The van der Waals surface area contributed by atoms with Gasteiger partial charge in [0, 0.05) is 75.1 Å². The molecular formula is C32H41N5O2. The highest BCUT2D eigenvalue weighted by Crippen LogP contribution is 2.41. The Morgan fingerprint density at radius 1 is 1.08 bits per heavy atom. The van der Waals surface area contributed by atoms with Crippen molar-refractivity contribution in [1.29, 1.82) is 0 Å². The van der Waals surface area contributed by atoms with E-state index in [0.29, 0.717) is 23.3 Å². The molecule has 0 unspecified atom stereocenters. The fourth-order valence-corrected chi connectivity index (χ4v) is 7.21. The van der Waals surface area contributed by atoms with Crippen molar-refractivity contribution in [2.75, 3.05) is 39.3 Å². The summed E-state index contributed by atoms with van der Waals surface area (Å²) in [7, 11) is 0. The van der Waals surface area contributed by atoms with E-state index in [-0.39, 0.29) is 17.6 Å². The number of piperidine rings is 1. The minimum Gasteiger partial charge on any atom is -0.376 e. The summed E-state index contributed by atoms with van der Waals surface area (Å²) in [6, 6.07) is 13.4. The zero-order valence-corrected chi connectivity index (χ0v) is 23.8. The Bertz CT molecular complexity index is 1350. The highest BCUT2D eigenvalue weighted by atomic mass is 16.5. The van der Waals surface area contributed by atoms with Crippen molar-refractivity contribution in [2.24, 2.45) is 0 Å². The van der Waals surface area contributed by atoms with Crippen molar-refractivity contribution in [3.8, 4) is 0 Å². The number of piperazine rings is 1. The molecule has 3 aromatic rings. The Labute approximate surface area is 232 Å². The molecule has 0 N–H and O–H groups in total. The maximum Gasteiger partial charge on any atom is 0.254 e. The molecule has 4 heterocycles. The van der Waals surface area contributed by atoms with E-state index in [1.807, 2.05) is 23.1 Å². The molecule has 3 aliphatic rings. The van der Waals surface area contributed by atoms with Crippen LogP contribution in [0.4, 0.5) is 0 Å². The van der Waals surface area contributed by atoms with Crippen molar-refractivity contribution in [3.05, 3.63) is 71.0 Å². The first-order valence-corrected chi connectivity index (χ1v) is 14.6. The number of fused-ring (bicyclic) bond motifs is 2. The zero-order valence-electron chi connectivity index (χ0n) is 23.8. The van der Waals surface area contributed by atoms with Gasteiger partial charge in [-0.25, -0.2) is 9.97 Å². The summed E-state index contributed by atoms with van der Waals surface area (Å²) in [6.07, 6.45) is 6.62. The van der Waals surface area contributed by atoms with Crippen LogP contribution in [-0.4, -0.2) is 87.6 Å². The number of ether oxygens (including phenoxy) is 1. The van der Waals surface area contributed by atoms with Gasteiger partial charge in [-0.2, -0.15) is 0 Å². The molecule has 1 amide bonds. The van der Waals surface area contributed by atoms with Crippen LogP contribution in [0.5, 0.6) is 0 Å². The van der Waals surface area contributed by atoms with Gasteiger partial charge in [0.1, 0.15) is 0 Å². The van der Waals surface area contributed by atoms with Gasteiger partial charge < -0.3 is 9.64 Å². The number of benzene rings is 1. The molecule has 2 fully saturated rings. The van der Waals surface area contributed by atoms with Crippen LogP contribution in [-0.2, 0) is 11.2 Å². The predicted molar refractivity (Wildman–Crippen MR) is 154 cm³/mol. The van der Waals surface area contributed by atoms with Crippen molar-refractivity contribution >= 4 is 16.9 Å². The zero-order chi connectivity index (χ0) is 27.1. The third-order valence-corrected chi connectivity index (χ3v) is 9.44. The number of carbonyl (C=O) groups is 1. The first-order valence-electron chi connectivity index (χ1n) is 14.6. The maximum absolute atomic E-state index is 13.5. The molecule has 0 saturated carbocycles. The van der Waals surface area contributed by atoms with E-state index in [0.717, 1.165) is 64.0 Å². The van der Waals surface area contributed by atoms with Gasteiger partial charge in [0.2, 0.25) is 0 Å². The van der Waals surface area contributed by atoms with Crippen LogP contribution in [0.3, 0.4) is 0 Å². The summed E-state index contributed by atoms with van der Waals surface area (Å²) < 4.78 is 6.30. The van der Waals surface area contributed by atoms with Crippen molar-refractivity contribution in [2.45, 2.75) is 70.7 Å². The summed E-state index contributed by atoms with van der Waals surface area (Å²) in [5.41, 5.74) is 5.67. The molecular weight excluding hydrogens is 486 g/mol. The minimum absolute atomic E-state index is 0.0905. The highest BCUT2D eigenvalue weighted by Gasteiger charge is 2.44. The van der Waals surface area contributed by atoms with E-state index < -0.39 is 0 Å². The van der Waals surface area contributed by atoms with Crippen molar-refractivity contribution in [1.82, 2.24) is 24.7 Å². The van der Waals surface area contributed by atoms with Crippen LogP contribution < -0.4 is 0 Å². The van der Waals surface area contributed by atoms with Gasteiger partial charge in [0.15, 0.2) is 5.65 Å². The number of rotatable bonds is 5. The Kier molecular flexibility index (Phi) is 7.16. The summed E-state index contributed by atoms with van der Waals surface area (Å²) in [5.74, 6) is 0.0905. The van der Waals surface area contributed by atoms with E-state index in [9.17, 15) is 4.79 Å². The highest BCUT2D eigenvalue weighted by molar-refractivity contribution is 6.05. The average molecular weight is 528 g/mol. The molecule has 0 radical (unpaired) electrons. The molecule has 0 bridgehead atoms. The molecule has 0 spiro atoms. The smallest absolute Gasteiger partial charge is 0.254 e. The van der Waals surface area contributed by atoms with Crippen LogP contribution in [0, 0.1) is 6.92 Å². The van der Waals surface area contributed by atoms with E-state index >= 15 is 0 Å². The molecule has 2 aliphatic heterocycles. The number of amides is 1. The second-order valence-corrected chi connectivity index (χ2v) is 11.9. The van der Waals surface area contributed by atoms with Crippen LogP contribution >= 0.6 is 0 Å². The number of nitrogens with zero attached hydrogens (tertiary/aromatic N) is 5. The summed E-state index contributed by atoms with van der Waals surface area (Å²) in [4.78, 5) is 29.6. The second kappa shape index (κ2) is 10.6. The van der Waals surface area contributed by atoms with Gasteiger partial charge in [0.25, 0.3) is 5.91 Å². The Morgan fingerprint density at radius 3 is 2.64 bits per heavy atom. The lowest BCUT2D eigenvalue weighted by molar-refractivity contribution is -0.0630. The average Bonchev–Trinajstić information content (AvgIpc) is 3.29. The SMILES string of the molecule is CCO[C@@H]1Cc2cc(C)ccc2[C@H]1N1CCN(C2(C)CCN(C(=O)c3ccnc4ncccc34)CC2)C[C@@H]1C. The Morgan fingerprint density at radius 2 is 1.87 bits per heavy atom. The van der Waals surface area contributed by atoms with Crippen molar-refractivity contribution in [3.63, 3.8) is 0 Å². The standard InChI is InChI=1S/C32H41N5O2/c1-5-39-28-20-24-19-22(2)8-9-25(24)29(28)37-18-17-36(21-23(37)3)32(4)11-15-35(16-12-32)31(38)27-10-14-34-30-26(27)7-6-13-33-30/h6-10,13-14,19,23,28-29H,5,11-12,15-18,20-21H2,1-4H3/t23-,28+,29+/m0/s1. The monoisotopic (exact) mass is 527 g/mol. The molecule has 7 heteroatoms. The summed E-state index contributed by atoms with van der Waals surface area (Å²) in [6.45, 7) is 14.5. The quantitative estimate of drug-likeness (QED) is 0.482. The predicted octanol–water partition coefficient (Wildman–Crippen LogP) is 4.64.